The fourth-order valence-corrected chi connectivity index (χ4v) is 5.92. The van der Waals surface area contributed by atoms with Crippen molar-refractivity contribution >= 4 is 53.0 Å². The Kier molecular flexibility index (Phi) is 3.72. The van der Waals surface area contributed by atoms with E-state index in [0.717, 1.165) is 28.1 Å². The molecule has 3 rings (SSSR count). The van der Waals surface area contributed by atoms with Crippen LogP contribution < -0.4 is 0 Å². The molecule has 19 heavy (non-hydrogen) atoms. The van der Waals surface area contributed by atoms with Gasteiger partial charge in [0.05, 0.1) is 5.75 Å². The van der Waals surface area contributed by atoms with Gasteiger partial charge in [-0.25, -0.2) is 18.4 Å². The summed E-state index contributed by atoms with van der Waals surface area (Å²) in [6, 6.07) is 0. The van der Waals surface area contributed by atoms with Crippen molar-refractivity contribution in [3.8, 4) is 0 Å². The van der Waals surface area contributed by atoms with E-state index < -0.39 is 9.05 Å². The van der Waals surface area contributed by atoms with Crippen LogP contribution in [0.3, 0.4) is 0 Å². The van der Waals surface area contributed by atoms with E-state index in [4.69, 9.17) is 10.7 Å². The van der Waals surface area contributed by atoms with Gasteiger partial charge in [-0.3, -0.25) is 0 Å². The number of nitrogens with zero attached hydrogens (tertiary/aromatic N) is 2. The first-order valence-electron chi connectivity index (χ1n) is 5.85. The van der Waals surface area contributed by atoms with Gasteiger partial charge in [0.2, 0.25) is 9.05 Å². The highest BCUT2D eigenvalue weighted by Gasteiger charge is 2.21. The molecule has 0 aliphatic heterocycles. The third kappa shape index (κ3) is 2.89. The number of rotatable bonds is 4. The summed E-state index contributed by atoms with van der Waals surface area (Å²) in [7, 11) is 1.78. The molecule has 0 atom stereocenters. The topological polar surface area (TPSA) is 59.9 Å². The Bertz CT molecular complexity index is 727. The van der Waals surface area contributed by atoms with Gasteiger partial charge >= 0.3 is 0 Å². The second kappa shape index (κ2) is 5.20. The minimum Gasteiger partial charge on any atom is -0.229 e. The Labute approximate surface area is 124 Å². The molecule has 0 bridgehead atoms. The van der Waals surface area contributed by atoms with E-state index in [1.165, 1.54) is 28.6 Å². The van der Waals surface area contributed by atoms with E-state index in [0.29, 0.717) is 5.75 Å². The number of thiophene rings is 1. The van der Waals surface area contributed by atoms with E-state index in [1.807, 2.05) is 0 Å². The lowest BCUT2D eigenvalue weighted by Crippen LogP contribution is -2.00. The molecule has 0 aromatic carbocycles. The van der Waals surface area contributed by atoms with Crippen LogP contribution in [0.4, 0.5) is 0 Å². The van der Waals surface area contributed by atoms with E-state index in [9.17, 15) is 8.42 Å². The number of aromatic nitrogens is 2. The van der Waals surface area contributed by atoms with Crippen molar-refractivity contribution in [2.24, 2.45) is 0 Å². The molecule has 1 aliphatic carbocycles. The van der Waals surface area contributed by atoms with Crippen LogP contribution in [0.1, 0.15) is 16.9 Å². The maximum atomic E-state index is 10.9. The molecule has 2 aromatic heterocycles. The smallest absolute Gasteiger partial charge is 0.229 e. The van der Waals surface area contributed by atoms with Crippen molar-refractivity contribution in [2.75, 3.05) is 11.5 Å². The first-order chi connectivity index (χ1) is 9.04. The first kappa shape index (κ1) is 13.6. The molecule has 0 spiro atoms. The lowest BCUT2D eigenvalue weighted by Gasteiger charge is -2.02. The van der Waals surface area contributed by atoms with Gasteiger partial charge in [-0.2, -0.15) is 0 Å². The van der Waals surface area contributed by atoms with Gasteiger partial charge in [0.25, 0.3) is 0 Å². The van der Waals surface area contributed by atoms with Crippen LogP contribution in [0.15, 0.2) is 11.4 Å². The van der Waals surface area contributed by atoms with Crippen molar-refractivity contribution in [2.45, 2.75) is 24.3 Å². The molecule has 4 nitrogen and oxygen atoms in total. The van der Waals surface area contributed by atoms with Crippen LogP contribution in [0.2, 0.25) is 0 Å². The SMILES string of the molecule is O=S(=O)(Cl)CCSc1ncnc2sc3c(c12)CCC3. The maximum Gasteiger partial charge on any atom is 0.233 e. The number of hydrogen-bond donors (Lipinski definition) is 0. The van der Waals surface area contributed by atoms with Crippen LogP contribution in [-0.2, 0) is 21.9 Å². The Morgan fingerprint density at radius 3 is 3.00 bits per heavy atom. The summed E-state index contributed by atoms with van der Waals surface area (Å²) in [5, 5.41) is 2.00. The van der Waals surface area contributed by atoms with E-state index in [1.54, 1.807) is 17.7 Å². The molecule has 0 N–H and O–H groups in total. The zero-order valence-electron chi connectivity index (χ0n) is 9.93. The highest BCUT2D eigenvalue weighted by Crippen LogP contribution is 2.39. The number of halogens is 1. The summed E-state index contributed by atoms with van der Waals surface area (Å²) in [5.74, 6) is 0.375. The molecule has 2 heterocycles. The molecule has 2 aromatic rings. The number of fused-ring (bicyclic) bond motifs is 3. The molecular weight excluding hydrogens is 324 g/mol. The lowest BCUT2D eigenvalue weighted by molar-refractivity contribution is 0.611. The summed E-state index contributed by atoms with van der Waals surface area (Å²) < 4.78 is 21.9. The van der Waals surface area contributed by atoms with Crippen LogP contribution >= 0.6 is 33.8 Å². The number of hydrogen-bond acceptors (Lipinski definition) is 6. The minimum atomic E-state index is -3.44. The minimum absolute atomic E-state index is 0.0446. The molecule has 0 fully saturated rings. The summed E-state index contributed by atoms with van der Waals surface area (Å²) in [6.45, 7) is 0. The molecular formula is C11H11ClN2O2S3. The largest absolute Gasteiger partial charge is 0.233 e. The Balaban J connectivity index is 1.91. The number of aryl methyl sites for hydroxylation is 2. The highest BCUT2D eigenvalue weighted by molar-refractivity contribution is 8.14. The molecule has 8 heteroatoms. The molecule has 0 saturated heterocycles. The van der Waals surface area contributed by atoms with Crippen molar-refractivity contribution < 1.29 is 8.42 Å². The second-order valence-electron chi connectivity index (χ2n) is 4.31. The molecule has 0 unspecified atom stereocenters. The van der Waals surface area contributed by atoms with Gasteiger partial charge in [0, 0.05) is 26.7 Å². The van der Waals surface area contributed by atoms with Crippen molar-refractivity contribution in [1.29, 1.82) is 0 Å². The van der Waals surface area contributed by atoms with Gasteiger partial charge < -0.3 is 0 Å². The summed E-state index contributed by atoms with van der Waals surface area (Å²) in [6.07, 6.45) is 4.93. The fraction of sp³-hybridized carbons (Fsp3) is 0.455. The van der Waals surface area contributed by atoms with Gasteiger partial charge in [-0.15, -0.1) is 23.1 Å². The normalized spacial score (nSPS) is 15.0. The quantitative estimate of drug-likeness (QED) is 0.489. The molecule has 102 valence electrons. The molecule has 1 aliphatic rings. The standard InChI is InChI=1S/C11H11ClN2O2S3/c12-19(15,16)5-4-17-10-9-7-2-1-3-8(7)18-11(9)14-6-13-10/h6H,1-5H2. The Hall–Kier alpha value is -0.370. The fourth-order valence-electron chi connectivity index (χ4n) is 2.25. The Morgan fingerprint density at radius 1 is 1.37 bits per heavy atom. The van der Waals surface area contributed by atoms with Crippen LogP contribution in [-0.4, -0.2) is 29.9 Å². The average molecular weight is 335 g/mol. The third-order valence-electron chi connectivity index (χ3n) is 3.03. The van der Waals surface area contributed by atoms with E-state index in [2.05, 4.69) is 9.97 Å². The van der Waals surface area contributed by atoms with Crippen LogP contribution in [0.25, 0.3) is 10.2 Å². The zero-order valence-corrected chi connectivity index (χ0v) is 13.1. The van der Waals surface area contributed by atoms with Gasteiger partial charge in [-0.05, 0) is 24.8 Å². The van der Waals surface area contributed by atoms with Crippen LogP contribution in [0, 0.1) is 0 Å². The van der Waals surface area contributed by atoms with Gasteiger partial charge in [-0.1, -0.05) is 0 Å². The molecule has 0 radical (unpaired) electrons. The lowest BCUT2D eigenvalue weighted by atomic mass is 10.2. The maximum absolute atomic E-state index is 10.9. The predicted molar refractivity (Wildman–Crippen MR) is 79.8 cm³/mol. The summed E-state index contributed by atoms with van der Waals surface area (Å²) in [5.41, 5.74) is 1.36. The number of thioether (sulfide) groups is 1. The summed E-state index contributed by atoms with van der Waals surface area (Å²) >= 11 is 3.17. The highest BCUT2D eigenvalue weighted by atomic mass is 35.7. The van der Waals surface area contributed by atoms with Gasteiger partial charge in [0.1, 0.15) is 16.2 Å². The van der Waals surface area contributed by atoms with Crippen molar-refractivity contribution in [3.63, 3.8) is 0 Å². The zero-order chi connectivity index (χ0) is 13.5. The predicted octanol–water partition coefficient (Wildman–Crippen LogP) is 2.84. The van der Waals surface area contributed by atoms with Crippen molar-refractivity contribution in [1.82, 2.24) is 9.97 Å². The third-order valence-corrected chi connectivity index (χ3v) is 6.64. The second-order valence-corrected chi connectivity index (χ2v) is 9.37. The van der Waals surface area contributed by atoms with Crippen LogP contribution in [0.5, 0.6) is 0 Å². The first-order valence-corrected chi connectivity index (χ1v) is 10.1. The van der Waals surface area contributed by atoms with E-state index in [-0.39, 0.29) is 5.75 Å². The monoisotopic (exact) mass is 334 g/mol. The Morgan fingerprint density at radius 2 is 2.21 bits per heavy atom. The summed E-state index contributed by atoms with van der Waals surface area (Å²) in [4.78, 5) is 11.0. The van der Waals surface area contributed by atoms with E-state index >= 15 is 0 Å². The van der Waals surface area contributed by atoms with Gasteiger partial charge in [0.15, 0.2) is 0 Å². The average Bonchev–Trinajstić information content (AvgIpc) is 2.86. The van der Waals surface area contributed by atoms with Crippen molar-refractivity contribution in [3.05, 3.63) is 16.8 Å². The molecule has 0 saturated carbocycles. The molecule has 0 amide bonds.